The summed E-state index contributed by atoms with van der Waals surface area (Å²) in [6.45, 7) is 2.36. The van der Waals surface area contributed by atoms with Gasteiger partial charge in [0.25, 0.3) is 0 Å². The summed E-state index contributed by atoms with van der Waals surface area (Å²) >= 11 is 0. The lowest BCUT2D eigenvalue weighted by molar-refractivity contribution is 0.225. The van der Waals surface area contributed by atoms with Gasteiger partial charge in [-0.05, 0) is 44.2 Å². The highest BCUT2D eigenvalue weighted by Gasteiger charge is 2.29. The van der Waals surface area contributed by atoms with Crippen LogP contribution in [0.15, 0.2) is 30.3 Å². The number of hydrogen-bond acceptors (Lipinski definition) is 2. The van der Waals surface area contributed by atoms with E-state index in [2.05, 4.69) is 47.6 Å². The van der Waals surface area contributed by atoms with Crippen LogP contribution >= 0.6 is 0 Å². The van der Waals surface area contributed by atoms with Crippen LogP contribution in [0, 0.1) is 0 Å². The number of likely N-dealkylation sites (N-methyl/N-ethyl adjacent to an activating group) is 1. The summed E-state index contributed by atoms with van der Waals surface area (Å²) in [7, 11) is 2.30. The molecule has 2 nitrogen and oxygen atoms in total. The van der Waals surface area contributed by atoms with Crippen molar-refractivity contribution in [2.45, 2.75) is 56.5 Å². The predicted octanol–water partition coefficient (Wildman–Crippen LogP) is 3.40. The quantitative estimate of drug-likeness (QED) is 0.854. The summed E-state index contributed by atoms with van der Waals surface area (Å²) in [4.78, 5) is 2.56. The third kappa shape index (κ3) is 3.42. The molecule has 110 valence electrons. The molecule has 2 aliphatic carbocycles. The molecule has 0 radical (unpaired) electrons. The van der Waals surface area contributed by atoms with E-state index in [1.165, 1.54) is 50.6 Å². The average molecular weight is 272 g/mol. The van der Waals surface area contributed by atoms with Crippen LogP contribution in [0.2, 0.25) is 0 Å². The van der Waals surface area contributed by atoms with Gasteiger partial charge in [-0.1, -0.05) is 43.2 Å². The number of nitrogens with zero attached hydrogens (tertiary/aromatic N) is 1. The molecule has 2 saturated carbocycles. The van der Waals surface area contributed by atoms with Crippen molar-refractivity contribution in [1.29, 1.82) is 0 Å². The van der Waals surface area contributed by atoms with E-state index in [4.69, 9.17) is 0 Å². The molecule has 1 aromatic carbocycles. The molecular weight excluding hydrogens is 244 g/mol. The van der Waals surface area contributed by atoms with Crippen LogP contribution in [0.1, 0.15) is 50.0 Å². The summed E-state index contributed by atoms with van der Waals surface area (Å²) in [5, 5.41) is 3.73. The van der Waals surface area contributed by atoms with Crippen LogP contribution in [-0.2, 0) is 0 Å². The molecule has 0 spiro atoms. The Morgan fingerprint density at radius 2 is 1.80 bits per heavy atom. The molecule has 0 saturated heterocycles. The molecular formula is C18H28N2. The Kier molecular flexibility index (Phi) is 4.74. The molecule has 20 heavy (non-hydrogen) atoms. The van der Waals surface area contributed by atoms with Gasteiger partial charge in [0.1, 0.15) is 0 Å². The smallest absolute Gasteiger partial charge is 0.0107 e. The van der Waals surface area contributed by atoms with Crippen molar-refractivity contribution in [3.8, 4) is 0 Å². The van der Waals surface area contributed by atoms with E-state index in [1.807, 2.05) is 0 Å². The topological polar surface area (TPSA) is 15.3 Å². The third-order valence-corrected chi connectivity index (χ3v) is 5.25. The van der Waals surface area contributed by atoms with E-state index >= 15 is 0 Å². The summed E-state index contributed by atoms with van der Waals surface area (Å²) in [6, 6.07) is 12.6. The Morgan fingerprint density at radius 1 is 1.10 bits per heavy atom. The van der Waals surface area contributed by atoms with E-state index in [9.17, 15) is 0 Å². The van der Waals surface area contributed by atoms with E-state index < -0.39 is 0 Å². The Balaban J connectivity index is 1.31. The molecule has 0 bridgehead atoms. The number of benzene rings is 1. The molecule has 3 rings (SSSR count). The van der Waals surface area contributed by atoms with Crippen molar-refractivity contribution in [2.24, 2.45) is 0 Å². The Morgan fingerprint density at radius 3 is 2.50 bits per heavy atom. The van der Waals surface area contributed by atoms with Crippen LogP contribution < -0.4 is 5.32 Å². The lowest BCUT2D eigenvalue weighted by Crippen LogP contribution is -2.44. The molecule has 0 heterocycles. The SMILES string of the molecule is CN(CCNC1CC(c2ccccc2)C1)C1CCCC1. The van der Waals surface area contributed by atoms with Gasteiger partial charge >= 0.3 is 0 Å². The molecule has 0 amide bonds. The molecule has 2 aliphatic rings. The van der Waals surface area contributed by atoms with Crippen LogP contribution in [0.25, 0.3) is 0 Å². The predicted molar refractivity (Wildman–Crippen MR) is 85.1 cm³/mol. The maximum atomic E-state index is 3.73. The first kappa shape index (κ1) is 14.1. The van der Waals surface area contributed by atoms with Gasteiger partial charge < -0.3 is 10.2 Å². The number of nitrogens with one attached hydrogen (secondary N) is 1. The van der Waals surface area contributed by atoms with E-state index in [0.29, 0.717) is 0 Å². The van der Waals surface area contributed by atoms with E-state index in [1.54, 1.807) is 0 Å². The molecule has 1 aromatic rings. The van der Waals surface area contributed by atoms with Crippen molar-refractivity contribution in [2.75, 3.05) is 20.1 Å². The second-order valence-corrected chi connectivity index (χ2v) is 6.65. The maximum Gasteiger partial charge on any atom is 0.0107 e. The van der Waals surface area contributed by atoms with Crippen molar-refractivity contribution >= 4 is 0 Å². The van der Waals surface area contributed by atoms with Gasteiger partial charge in [0.15, 0.2) is 0 Å². The van der Waals surface area contributed by atoms with Gasteiger partial charge in [-0.2, -0.15) is 0 Å². The largest absolute Gasteiger partial charge is 0.313 e. The summed E-state index contributed by atoms with van der Waals surface area (Å²) < 4.78 is 0. The van der Waals surface area contributed by atoms with E-state index in [-0.39, 0.29) is 0 Å². The third-order valence-electron chi connectivity index (χ3n) is 5.25. The fourth-order valence-electron chi connectivity index (χ4n) is 3.75. The normalized spacial score (nSPS) is 26.9. The zero-order valence-electron chi connectivity index (χ0n) is 12.7. The molecule has 0 aromatic heterocycles. The zero-order chi connectivity index (χ0) is 13.8. The van der Waals surface area contributed by atoms with Gasteiger partial charge in [-0.3, -0.25) is 0 Å². The van der Waals surface area contributed by atoms with Crippen LogP contribution in [-0.4, -0.2) is 37.1 Å². The highest BCUT2D eigenvalue weighted by molar-refractivity contribution is 5.22. The summed E-state index contributed by atoms with van der Waals surface area (Å²) in [6.07, 6.45) is 8.33. The lowest BCUT2D eigenvalue weighted by Gasteiger charge is -2.37. The van der Waals surface area contributed by atoms with Gasteiger partial charge in [-0.25, -0.2) is 0 Å². The highest BCUT2D eigenvalue weighted by Crippen LogP contribution is 2.36. The minimum Gasteiger partial charge on any atom is -0.313 e. The molecule has 2 heteroatoms. The minimum absolute atomic E-state index is 0.747. The maximum absolute atomic E-state index is 3.73. The first-order valence-electron chi connectivity index (χ1n) is 8.31. The molecule has 2 fully saturated rings. The molecule has 0 atom stereocenters. The van der Waals surface area contributed by atoms with Gasteiger partial charge in [-0.15, -0.1) is 0 Å². The Bertz CT molecular complexity index is 391. The first-order valence-corrected chi connectivity index (χ1v) is 8.31. The van der Waals surface area contributed by atoms with Crippen molar-refractivity contribution < 1.29 is 0 Å². The molecule has 1 N–H and O–H groups in total. The second kappa shape index (κ2) is 6.73. The minimum atomic E-state index is 0.747. The average Bonchev–Trinajstić information content (AvgIpc) is 2.96. The monoisotopic (exact) mass is 272 g/mol. The Hall–Kier alpha value is -0.860. The van der Waals surface area contributed by atoms with Crippen molar-refractivity contribution in [3.63, 3.8) is 0 Å². The van der Waals surface area contributed by atoms with Crippen LogP contribution in [0.4, 0.5) is 0 Å². The van der Waals surface area contributed by atoms with E-state index in [0.717, 1.165) is 24.5 Å². The second-order valence-electron chi connectivity index (χ2n) is 6.65. The zero-order valence-corrected chi connectivity index (χ0v) is 12.7. The first-order chi connectivity index (χ1) is 9.83. The number of hydrogen-bond donors (Lipinski definition) is 1. The van der Waals surface area contributed by atoms with Crippen molar-refractivity contribution in [3.05, 3.63) is 35.9 Å². The highest BCUT2D eigenvalue weighted by atomic mass is 15.1. The van der Waals surface area contributed by atoms with Crippen LogP contribution in [0.3, 0.4) is 0 Å². The molecule has 0 aliphatic heterocycles. The fraction of sp³-hybridized carbons (Fsp3) is 0.667. The lowest BCUT2D eigenvalue weighted by atomic mass is 9.76. The van der Waals surface area contributed by atoms with Gasteiger partial charge in [0, 0.05) is 25.2 Å². The van der Waals surface area contributed by atoms with Gasteiger partial charge in [0.05, 0.1) is 0 Å². The standard InChI is InChI=1S/C18H28N2/c1-20(18-9-5-6-10-18)12-11-19-17-13-16(14-17)15-7-3-2-4-8-15/h2-4,7-8,16-19H,5-6,9-14H2,1H3. The number of rotatable bonds is 6. The summed E-state index contributed by atoms with van der Waals surface area (Å²) in [5.74, 6) is 0.793. The van der Waals surface area contributed by atoms with Crippen LogP contribution in [0.5, 0.6) is 0 Å². The molecule has 0 unspecified atom stereocenters. The van der Waals surface area contributed by atoms with Crippen molar-refractivity contribution in [1.82, 2.24) is 10.2 Å². The fourth-order valence-corrected chi connectivity index (χ4v) is 3.75. The Labute approximate surface area is 123 Å². The van der Waals surface area contributed by atoms with Gasteiger partial charge in [0.2, 0.25) is 0 Å². The summed E-state index contributed by atoms with van der Waals surface area (Å²) in [5.41, 5.74) is 1.52.